The van der Waals surface area contributed by atoms with Gasteiger partial charge in [-0.15, -0.1) is 0 Å². The monoisotopic (exact) mass is 378 g/mol. The van der Waals surface area contributed by atoms with E-state index < -0.39 is 56.6 Å². The molecule has 0 saturated heterocycles. The molecule has 2 rings (SSSR count). The maximum absolute atomic E-state index is 14.0. The summed E-state index contributed by atoms with van der Waals surface area (Å²) in [6, 6.07) is 9.42. The fourth-order valence-electron chi connectivity index (χ4n) is 2.35. The normalized spacial score (nSPS) is 10.5. The van der Waals surface area contributed by atoms with E-state index in [1.807, 2.05) is 0 Å². The molecule has 0 spiro atoms. The summed E-state index contributed by atoms with van der Waals surface area (Å²) in [5.74, 6) is -7.96. The molecule has 132 valence electrons. The highest BCUT2D eigenvalue weighted by Crippen LogP contribution is 2.23. The van der Waals surface area contributed by atoms with Crippen LogP contribution >= 0.6 is 0 Å². The Morgan fingerprint density at radius 3 is 1.61 bits per heavy atom. The van der Waals surface area contributed by atoms with Crippen LogP contribution in [0.4, 0.5) is 17.6 Å². The fourth-order valence-corrected chi connectivity index (χ4v) is 2.35. The van der Waals surface area contributed by atoms with Gasteiger partial charge in [0, 0.05) is 10.4 Å². The van der Waals surface area contributed by atoms with Crippen LogP contribution in [0.25, 0.3) is 11.1 Å². The molecule has 0 radical (unpaired) electrons. The van der Waals surface area contributed by atoms with Crippen molar-refractivity contribution in [1.82, 2.24) is 4.98 Å². The van der Waals surface area contributed by atoms with E-state index in [0.717, 1.165) is 12.1 Å². The highest BCUT2D eigenvalue weighted by Gasteiger charge is 2.25. The van der Waals surface area contributed by atoms with Crippen LogP contribution in [-0.2, 0) is 0 Å². The summed E-state index contributed by atoms with van der Waals surface area (Å²) >= 11 is 0. The lowest BCUT2D eigenvalue weighted by Gasteiger charge is -2.06. The number of pyridine rings is 1. The van der Waals surface area contributed by atoms with Gasteiger partial charge in [-0.05, 0) is 0 Å². The highest BCUT2D eigenvalue weighted by atomic mass is 19.2. The van der Waals surface area contributed by atoms with Crippen molar-refractivity contribution >= 4 is 11.1 Å². The van der Waals surface area contributed by atoms with Crippen molar-refractivity contribution in [3.05, 3.63) is 62.8 Å². The van der Waals surface area contributed by atoms with Gasteiger partial charge in [-0.1, -0.05) is 12.1 Å². The van der Waals surface area contributed by atoms with Crippen LogP contribution in [0.1, 0.15) is 16.7 Å². The maximum atomic E-state index is 14.0. The third-order valence-corrected chi connectivity index (χ3v) is 3.55. The molecule has 6 nitrogen and oxygen atoms in total. The highest BCUT2D eigenvalue weighted by molar-refractivity contribution is 5.80. The third kappa shape index (κ3) is 2.97. The van der Waals surface area contributed by atoms with E-state index >= 15 is 0 Å². The minimum absolute atomic E-state index is 0.252. The van der Waals surface area contributed by atoms with E-state index in [-0.39, 0.29) is 5.22 Å². The summed E-state index contributed by atoms with van der Waals surface area (Å²) in [5, 5.41) is 45.1. The van der Waals surface area contributed by atoms with Crippen LogP contribution in [0.2, 0.25) is 0 Å². The molecule has 0 aliphatic rings. The average Bonchev–Trinajstić information content (AvgIpc) is 2.70. The van der Waals surface area contributed by atoms with Gasteiger partial charge in [-0.3, -0.25) is 0 Å². The molecular formula is C18H2F4N6. The van der Waals surface area contributed by atoms with Crippen molar-refractivity contribution < 1.29 is 17.6 Å². The van der Waals surface area contributed by atoms with Gasteiger partial charge < -0.3 is 0 Å². The lowest BCUT2D eigenvalue weighted by Crippen LogP contribution is -2.23. The Kier molecular flexibility index (Phi) is 5.37. The van der Waals surface area contributed by atoms with Crippen molar-refractivity contribution in [1.29, 1.82) is 26.3 Å². The Morgan fingerprint density at radius 1 is 0.714 bits per heavy atom. The van der Waals surface area contributed by atoms with E-state index in [4.69, 9.17) is 10.5 Å². The third-order valence-electron chi connectivity index (χ3n) is 3.55. The van der Waals surface area contributed by atoms with Crippen molar-refractivity contribution in [2.75, 3.05) is 0 Å². The van der Waals surface area contributed by atoms with Gasteiger partial charge in [0.2, 0.25) is 0 Å². The van der Waals surface area contributed by atoms with Crippen molar-refractivity contribution in [3.63, 3.8) is 0 Å². The number of benzene rings is 1. The maximum Gasteiger partial charge on any atom is 0.252 e. The van der Waals surface area contributed by atoms with Crippen LogP contribution in [0.3, 0.4) is 0 Å². The Balaban J connectivity index is 3.24. The Hall–Kier alpha value is -4.72. The smallest absolute Gasteiger partial charge is 0.201 e. The van der Waals surface area contributed by atoms with Gasteiger partial charge in [-0.2, -0.15) is 40.1 Å². The molecule has 0 aliphatic heterocycles. The second-order valence-corrected chi connectivity index (χ2v) is 4.92. The largest absolute Gasteiger partial charge is 0.252 e. The zero-order chi connectivity index (χ0) is 21.0. The molecule has 1 aromatic carbocycles. The van der Waals surface area contributed by atoms with Gasteiger partial charge in [0.15, 0.2) is 11.6 Å². The summed E-state index contributed by atoms with van der Waals surface area (Å²) in [6.07, 6.45) is 0. The predicted octanol–water partition coefficient (Wildman–Crippen LogP) is 1.30. The quantitative estimate of drug-likeness (QED) is 0.543. The second-order valence-electron chi connectivity index (χ2n) is 4.92. The van der Waals surface area contributed by atoms with E-state index in [1.54, 1.807) is 6.07 Å². The predicted molar refractivity (Wildman–Crippen MR) is 81.9 cm³/mol. The first-order chi connectivity index (χ1) is 13.4. The topological polar surface area (TPSA) is 132 Å². The van der Waals surface area contributed by atoms with Crippen LogP contribution < -0.4 is 10.4 Å². The SMILES string of the molecule is N#CC(C#N)=c1cc/c(=C(/C#N)c2c(F)c(F)nc(F)c2F)c(C#N)c1C#N. The van der Waals surface area contributed by atoms with Crippen LogP contribution in [0.5, 0.6) is 0 Å². The summed E-state index contributed by atoms with van der Waals surface area (Å²) < 4.78 is 54.9. The lowest BCUT2D eigenvalue weighted by molar-refractivity contribution is 0.404. The molecule has 28 heavy (non-hydrogen) atoms. The molecule has 0 atom stereocenters. The Bertz CT molecular complexity index is 1320. The number of aromatic nitrogens is 1. The lowest BCUT2D eigenvalue weighted by atomic mass is 9.96. The van der Waals surface area contributed by atoms with E-state index in [1.165, 1.54) is 24.3 Å². The Morgan fingerprint density at radius 2 is 1.18 bits per heavy atom. The summed E-state index contributed by atoms with van der Waals surface area (Å²) in [4.78, 5) is 2.38. The fraction of sp³-hybridized carbons (Fsp3) is 0. The minimum Gasteiger partial charge on any atom is -0.201 e. The summed E-state index contributed by atoms with van der Waals surface area (Å²) in [5.41, 5.74) is -4.07. The number of nitriles is 5. The van der Waals surface area contributed by atoms with Gasteiger partial charge in [0.05, 0.1) is 22.3 Å². The number of rotatable bonds is 1. The van der Waals surface area contributed by atoms with E-state index in [2.05, 4.69) is 4.98 Å². The number of hydrogen-bond donors (Lipinski definition) is 0. The van der Waals surface area contributed by atoms with Crippen molar-refractivity contribution in [2.45, 2.75) is 0 Å². The molecule has 0 fully saturated rings. The number of nitrogens with zero attached hydrogens (tertiary/aromatic N) is 6. The van der Waals surface area contributed by atoms with Gasteiger partial charge >= 0.3 is 0 Å². The molecule has 1 heterocycles. The molecule has 0 aliphatic carbocycles. The Labute approximate surface area is 154 Å². The first-order valence-corrected chi connectivity index (χ1v) is 6.98. The zero-order valence-electron chi connectivity index (χ0n) is 13.3. The second kappa shape index (κ2) is 7.67. The average molecular weight is 378 g/mol. The van der Waals surface area contributed by atoms with Crippen LogP contribution in [0.15, 0.2) is 12.1 Å². The van der Waals surface area contributed by atoms with Crippen LogP contribution in [0, 0.1) is 80.2 Å². The van der Waals surface area contributed by atoms with Crippen molar-refractivity contribution in [3.8, 4) is 30.3 Å². The van der Waals surface area contributed by atoms with Gasteiger partial charge in [-0.25, -0.2) is 8.78 Å². The number of halogens is 4. The first kappa shape index (κ1) is 19.6. The van der Waals surface area contributed by atoms with E-state index in [0.29, 0.717) is 0 Å². The van der Waals surface area contributed by atoms with Gasteiger partial charge in [0.25, 0.3) is 11.9 Å². The molecule has 2 aromatic rings. The molecular weight excluding hydrogens is 376 g/mol. The molecule has 0 saturated carbocycles. The van der Waals surface area contributed by atoms with E-state index in [9.17, 15) is 33.3 Å². The minimum atomic E-state index is -2.01. The standard InChI is InChI=1S/C18H2F4N6/c19-15-14(16(20)18(22)28-17(15)21)13(7-27)10-2-1-9(8(3-23)4-24)11(5-25)12(10)6-26/h1-2H/b13-10+. The number of hydrogen-bond acceptors (Lipinski definition) is 6. The molecule has 0 amide bonds. The zero-order valence-corrected chi connectivity index (χ0v) is 13.3. The molecule has 0 N–H and O–H groups in total. The molecule has 10 heteroatoms. The first-order valence-electron chi connectivity index (χ1n) is 6.98. The molecule has 0 unspecified atom stereocenters. The van der Waals surface area contributed by atoms with Crippen LogP contribution in [-0.4, -0.2) is 4.98 Å². The summed E-state index contributed by atoms with van der Waals surface area (Å²) in [6.45, 7) is 0. The summed E-state index contributed by atoms with van der Waals surface area (Å²) in [7, 11) is 0. The van der Waals surface area contributed by atoms with Crippen molar-refractivity contribution in [2.24, 2.45) is 0 Å². The van der Waals surface area contributed by atoms with Gasteiger partial charge in [0.1, 0.15) is 35.9 Å². The molecule has 0 bridgehead atoms. The molecule has 1 aromatic heterocycles.